The molecule has 1 N–H and O–H groups in total. The number of hydrogen-bond acceptors (Lipinski definition) is 5. The molecule has 1 aliphatic rings. The first-order valence-corrected chi connectivity index (χ1v) is 10.0. The van der Waals surface area contributed by atoms with E-state index in [-0.39, 0.29) is 10.1 Å². The van der Waals surface area contributed by atoms with Gasteiger partial charge in [0.2, 0.25) is 0 Å². The van der Waals surface area contributed by atoms with Gasteiger partial charge in [-0.25, -0.2) is 8.42 Å². The largest absolute Gasteiger partial charge is 0.376 e. The molecule has 21 heavy (non-hydrogen) atoms. The molecule has 8 heteroatoms. The van der Waals surface area contributed by atoms with Gasteiger partial charge >= 0.3 is 0 Å². The Kier molecular flexibility index (Phi) is 5.65. The van der Waals surface area contributed by atoms with Crippen molar-refractivity contribution in [2.75, 3.05) is 13.2 Å². The van der Waals surface area contributed by atoms with Gasteiger partial charge in [-0.2, -0.15) is 0 Å². The first-order valence-electron chi connectivity index (χ1n) is 6.82. The molecule has 1 amide bonds. The van der Waals surface area contributed by atoms with Crippen molar-refractivity contribution in [1.29, 1.82) is 0 Å². The number of thiophene rings is 1. The van der Waals surface area contributed by atoms with Crippen LogP contribution in [0.5, 0.6) is 0 Å². The fourth-order valence-corrected chi connectivity index (χ4v) is 4.95. The molecule has 0 spiro atoms. The molecule has 1 saturated carbocycles. The lowest BCUT2D eigenvalue weighted by Gasteiger charge is -2.11. The van der Waals surface area contributed by atoms with Gasteiger partial charge in [-0.15, -0.1) is 11.3 Å². The van der Waals surface area contributed by atoms with Gasteiger partial charge in [0, 0.05) is 22.6 Å². The van der Waals surface area contributed by atoms with E-state index >= 15 is 0 Å². The van der Waals surface area contributed by atoms with Crippen LogP contribution in [0.2, 0.25) is 0 Å². The molecule has 118 valence electrons. The van der Waals surface area contributed by atoms with Crippen LogP contribution < -0.4 is 5.32 Å². The normalized spacial score (nSPS) is 16.3. The second-order valence-corrected chi connectivity index (χ2v) is 8.67. The third kappa shape index (κ3) is 4.42. The highest BCUT2D eigenvalue weighted by Crippen LogP contribution is 2.29. The van der Waals surface area contributed by atoms with E-state index in [0.717, 1.165) is 24.2 Å². The number of rotatable bonds is 6. The lowest BCUT2D eigenvalue weighted by atomic mass is 10.2. The van der Waals surface area contributed by atoms with Crippen LogP contribution in [-0.2, 0) is 13.8 Å². The van der Waals surface area contributed by atoms with Crippen LogP contribution in [0.3, 0.4) is 0 Å². The van der Waals surface area contributed by atoms with Crippen LogP contribution in [0.4, 0.5) is 0 Å². The first-order chi connectivity index (χ1) is 9.89. The molecule has 0 radical (unpaired) electrons. The maximum absolute atomic E-state index is 12.0. The van der Waals surface area contributed by atoms with E-state index < -0.39 is 9.05 Å². The summed E-state index contributed by atoms with van der Waals surface area (Å²) >= 11 is 0.959. The molecule has 5 nitrogen and oxygen atoms in total. The molecule has 0 saturated heterocycles. The minimum atomic E-state index is -3.80. The van der Waals surface area contributed by atoms with Crippen molar-refractivity contribution < 1.29 is 17.9 Å². The Morgan fingerprint density at radius 2 is 2.14 bits per heavy atom. The van der Waals surface area contributed by atoms with Crippen LogP contribution in [-0.4, -0.2) is 33.6 Å². The van der Waals surface area contributed by atoms with Gasteiger partial charge in [0.1, 0.15) is 4.21 Å². The first kappa shape index (κ1) is 16.7. The van der Waals surface area contributed by atoms with Gasteiger partial charge in [-0.1, -0.05) is 12.8 Å². The molecule has 0 bridgehead atoms. The number of ether oxygens (including phenoxy) is 1. The number of halogens is 1. The second-order valence-electron chi connectivity index (χ2n) is 5.03. The topological polar surface area (TPSA) is 72.5 Å². The van der Waals surface area contributed by atoms with Crippen LogP contribution in [0.1, 0.15) is 41.6 Å². The lowest BCUT2D eigenvalue weighted by molar-refractivity contribution is 0.0582. The molecule has 2 rings (SSSR count). The van der Waals surface area contributed by atoms with Gasteiger partial charge in [-0.3, -0.25) is 4.79 Å². The minimum Gasteiger partial charge on any atom is -0.376 e. The van der Waals surface area contributed by atoms with Crippen molar-refractivity contribution in [2.45, 2.75) is 42.9 Å². The molecule has 1 aromatic heterocycles. The van der Waals surface area contributed by atoms with Gasteiger partial charge in [0.25, 0.3) is 15.0 Å². The molecule has 1 fully saturated rings. The van der Waals surface area contributed by atoms with E-state index in [1.54, 1.807) is 6.92 Å². The Morgan fingerprint density at radius 3 is 2.71 bits per heavy atom. The van der Waals surface area contributed by atoms with Crippen molar-refractivity contribution in [1.82, 2.24) is 5.32 Å². The van der Waals surface area contributed by atoms with Crippen LogP contribution >= 0.6 is 22.0 Å². The zero-order valence-electron chi connectivity index (χ0n) is 11.7. The maximum atomic E-state index is 12.0. The van der Waals surface area contributed by atoms with Crippen LogP contribution in [0.15, 0.2) is 9.59 Å². The van der Waals surface area contributed by atoms with E-state index in [0.29, 0.717) is 30.4 Å². The van der Waals surface area contributed by atoms with E-state index in [1.165, 1.54) is 18.2 Å². The SMILES string of the molecule is Cc1c(C(=O)NCCOC2CCCC2)csc1S(=O)(=O)Cl. The smallest absolute Gasteiger partial charge is 0.271 e. The van der Waals surface area contributed by atoms with Gasteiger partial charge in [0.15, 0.2) is 0 Å². The number of nitrogens with one attached hydrogen (secondary N) is 1. The average molecular weight is 352 g/mol. The zero-order chi connectivity index (χ0) is 15.5. The van der Waals surface area contributed by atoms with E-state index in [2.05, 4.69) is 5.32 Å². The van der Waals surface area contributed by atoms with Crippen LogP contribution in [0, 0.1) is 6.92 Å². The number of hydrogen-bond donors (Lipinski definition) is 1. The van der Waals surface area contributed by atoms with Crippen molar-refractivity contribution in [2.24, 2.45) is 0 Å². The molecule has 0 atom stereocenters. The number of carbonyl (C=O) groups is 1. The number of carbonyl (C=O) groups excluding carboxylic acids is 1. The van der Waals surface area contributed by atoms with E-state index in [4.69, 9.17) is 15.4 Å². The fraction of sp³-hybridized carbons (Fsp3) is 0.615. The molecule has 0 aliphatic heterocycles. The molecular weight excluding hydrogens is 334 g/mol. The van der Waals surface area contributed by atoms with Crippen molar-refractivity contribution in [3.63, 3.8) is 0 Å². The predicted octanol–water partition coefficient (Wildman–Crippen LogP) is 2.67. The maximum Gasteiger partial charge on any atom is 0.271 e. The zero-order valence-corrected chi connectivity index (χ0v) is 14.1. The predicted molar refractivity (Wildman–Crippen MR) is 82.6 cm³/mol. The molecular formula is C13H18ClNO4S2. The van der Waals surface area contributed by atoms with Crippen molar-refractivity contribution >= 4 is 37.0 Å². The summed E-state index contributed by atoms with van der Waals surface area (Å²) in [4.78, 5) is 12.0. The standard InChI is InChI=1S/C13H18ClNO4S2/c1-9-11(8-20-13(9)21(14,17)18)12(16)15-6-7-19-10-4-2-3-5-10/h8,10H,2-7H2,1H3,(H,15,16). The summed E-state index contributed by atoms with van der Waals surface area (Å²) in [6, 6.07) is 0. The Bertz CT molecular complexity index is 606. The molecule has 1 heterocycles. The average Bonchev–Trinajstić information content (AvgIpc) is 3.02. The quantitative estimate of drug-likeness (QED) is 0.631. The molecule has 0 unspecified atom stereocenters. The van der Waals surface area contributed by atoms with Gasteiger partial charge < -0.3 is 10.1 Å². The van der Waals surface area contributed by atoms with Gasteiger partial charge in [-0.05, 0) is 25.3 Å². The van der Waals surface area contributed by atoms with E-state index in [9.17, 15) is 13.2 Å². The van der Waals surface area contributed by atoms with E-state index in [1.807, 2.05) is 0 Å². The fourth-order valence-electron chi connectivity index (χ4n) is 2.40. The lowest BCUT2D eigenvalue weighted by Crippen LogP contribution is -2.28. The third-order valence-corrected chi connectivity index (χ3v) is 6.81. The highest BCUT2D eigenvalue weighted by molar-refractivity contribution is 8.15. The Labute approximate surface area is 133 Å². The molecule has 1 aromatic rings. The molecule has 1 aliphatic carbocycles. The third-order valence-electron chi connectivity index (χ3n) is 3.50. The Hall–Kier alpha value is -0.630. The van der Waals surface area contributed by atoms with Crippen molar-refractivity contribution in [3.05, 3.63) is 16.5 Å². The van der Waals surface area contributed by atoms with Crippen LogP contribution in [0.25, 0.3) is 0 Å². The summed E-state index contributed by atoms with van der Waals surface area (Å²) in [6.07, 6.45) is 4.92. The summed E-state index contributed by atoms with van der Waals surface area (Å²) in [5.41, 5.74) is 0.740. The second kappa shape index (κ2) is 7.09. The molecule has 0 aromatic carbocycles. The van der Waals surface area contributed by atoms with Crippen molar-refractivity contribution in [3.8, 4) is 0 Å². The van der Waals surface area contributed by atoms with Gasteiger partial charge in [0.05, 0.1) is 18.3 Å². The monoisotopic (exact) mass is 351 g/mol. The summed E-state index contributed by atoms with van der Waals surface area (Å²) in [5.74, 6) is -0.301. The summed E-state index contributed by atoms with van der Waals surface area (Å²) < 4.78 is 28.3. The highest BCUT2D eigenvalue weighted by atomic mass is 35.7. The number of amides is 1. The Balaban J connectivity index is 1.84. The summed E-state index contributed by atoms with van der Waals surface area (Å²) in [5, 5.41) is 4.25. The Morgan fingerprint density at radius 1 is 1.48 bits per heavy atom. The summed E-state index contributed by atoms with van der Waals surface area (Å²) in [7, 11) is 1.52. The summed E-state index contributed by atoms with van der Waals surface area (Å²) in [6.45, 7) is 2.46. The highest BCUT2D eigenvalue weighted by Gasteiger charge is 2.22. The minimum absolute atomic E-state index is 0.0246.